The van der Waals surface area contributed by atoms with E-state index < -0.39 is 0 Å². The second kappa shape index (κ2) is 6.87. The third-order valence-electron chi connectivity index (χ3n) is 5.08. The Bertz CT molecular complexity index is 1020. The zero-order valence-electron chi connectivity index (χ0n) is 15.2. The normalized spacial score (nSPS) is 17.2. The van der Waals surface area contributed by atoms with Gasteiger partial charge in [-0.15, -0.1) is 0 Å². The number of nitrogens with zero attached hydrogens (tertiary/aromatic N) is 3. The molecule has 6 heteroatoms. The molecule has 1 fully saturated rings. The highest BCUT2D eigenvalue weighted by atomic mass is 16.3. The Morgan fingerprint density at radius 3 is 2.78 bits per heavy atom. The number of carbonyl (C=O) groups is 1. The number of benzene rings is 2. The maximum absolute atomic E-state index is 12.0. The van der Waals surface area contributed by atoms with Gasteiger partial charge in [-0.25, -0.2) is 9.97 Å². The Balaban J connectivity index is 1.95. The lowest BCUT2D eigenvalue weighted by atomic mass is 10.0. The third kappa shape index (κ3) is 3.18. The number of aromatic nitrogens is 2. The van der Waals surface area contributed by atoms with Crippen molar-refractivity contribution < 1.29 is 9.90 Å². The standard InChI is InChI=1S/C21H22N4O2/c1-13-9-10-14-16(12-13)23-20(15-6-2-3-8-18(15)26)24-21(14)25-11-5-4-7-17(25)19(22)27/h2-3,6,8-10,12,17,26H,4-5,7,11H2,1H3,(H2,22,27). The second-order valence-electron chi connectivity index (χ2n) is 7.02. The van der Waals surface area contributed by atoms with Gasteiger partial charge in [-0.3, -0.25) is 4.79 Å². The molecule has 3 aromatic rings. The Hall–Kier alpha value is -3.15. The van der Waals surface area contributed by atoms with Gasteiger partial charge in [0.15, 0.2) is 5.82 Å². The Kier molecular flexibility index (Phi) is 4.39. The Labute approximate surface area is 157 Å². The van der Waals surface area contributed by atoms with Crippen LogP contribution < -0.4 is 10.6 Å². The molecular weight excluding hydrogens is 340 g/mol. The minimum absolute atomic E-state index is 0.126. The highest BCUT2D eigenvalue weighted by Crippen LogP contribution is 2.34. The topological polar surface area (TPSA) is 92.3 Å². The number of hydrogen-bond donors (Lipinski definition) is 2. The zero-order chi connectivity index (χ0) is 19.0. The van der Waals surface area contributed by atoms with E-state index in [2.05, 4.69) is 4.98 Å². The third-order valence-corrected chi connectivity index (χ3v) is 5.08. The van der Waals surface area contributed by atoms with Crippen LogP contribution in [-0.4, -0.2) is 33.6 Å². The highest BCUT2D eigenvalue weighted by molar-refractivity contribution is 5.94. The SMILES string of the molecule is Cc1ccc2c(N3CCCCC3C(N)=O)nc(-c3ccccc3O)nc2c1. The highest BCUT2D eigenvalue weighted by Gasteiger charge is 2.30. The van der Waals surface area contributed by atoms with E-state index in [1.54, 1.807) is 18.2 Å². The van der Waals surface area contributed by atoms with Gasteiger partial charge in [-0.1, -0.05) is 18.2 Å². The summed E-state index contributed by atoms with van der Waals surface area (Å²) in [6.07, 6.45) is 2.67. The Morgan fingerprint density at radius 2 is 2.00 bits per heavy atom. The average Bonchev–Trinajstić information content (AvgIpc) is 2.67. The molecule has 1 amide bonds. The summed E-state index contributed by atoms with van der Waals surface area (Å²) in [5, 5.41) is 11.1. The summed E-state index contributed by atoms with van der Waals surface area (Å²) in [6.45, 7) is 2.72. The summed E-state index contributed by atoms with van der Waals surface area (Å²) < 4.78 is 0. The van der Waals surface area contributed by atoms with Crippen molar-refractivity contribution in [3.63, 3.8) is 0 Å². The van der Waals surface area contributed by atoms with Crippen molar-refractivity contribution in [2.24, 2.45) is 5.73 Å². The van der Waals surface area contributed by atoms with Gasteiger partial charge in [-0.05, 0) is 56.0 Å². The molecule has 4 rings (SSSR count). The number of phenols is 1. The lowest BCUT2D eigenvalue weighted by Crippen LogP contribution is -2.48. The molecule has 3 N–H and O–H groups in total. The van der Waals surface area contributed by atoms with Crippen molar-refractivity contribution in [1.82, 2.24) is 9.97 Å². The number of rotatable bonds is 3. The average molecular weight is 362 g/mol. The monoisotopic (exact) mass is 362 g/mol. The molecule has 0 spiro atoms. The number of nitrogens with two attached hydrogens (primary N) is 1. The van der Waals surface area contributed by atoms with Gasteiger partial charge < -0.3 is 15.7 Å². The molecule has 1 saturated heterocycles. The van der Waals surface area contributed by atoms with Gasteiger partial charge in [0, 0.05) is 11.9 Å². The largest absolute Gasteiger partial charge is 0.507 e. The maximum atomic E-state index is 12.0. The van der Waals surface area contributed by atoms with E-state index in [1.165, 1.54) is 0 Å². The molecule has 0 aliphatic carbocycles. The molecule has 1 aromatic heterocycles. The predicted molar refractivity (Wildman–Crippen MR) is 106 cm³/mol. The first-order chi connectivity index (χ1) is 13.0. The number of aryl methyl sites for hydroxylation is 1. The van der Waals surface area contributed by atoms with Crippen LogP contribution >= 0.6 is 0 Å². The number of phenolic OH excluding ortho intramolecular Hbond substituents is 1. The summed E-state index contributed by atoms with van der Waals surface area (Å²) in [6, 6.07) is 12.6. The fourth-order valence-electron chi connectivity index (χ4n) is 3.71. The molecule has 138 valence electrons. The van der Waals surface area contributed by atoms with Crippen molar-refractivity contribution in [2.45, 2.75) is 32.2 Å². The fourth-order valence-corrected chi connectivity index (χ4v) is 3.71. The lowest BCUT2D eigenvalue weighted by Gasteiger charge is -2.35. The van der Waals surface area contributed by atoms with Gasteiger partial charge in [0.1, 0.15) is 17.6 Å². The summed E-state index contributed by atoms with van der Waals surface area (Å²) >= 11 is 0. The van der Waals surface area contributed by atoms with Crippen molar-refractivity contribution >= 4 is 22.6 Å². The molecule has 1 unspecified atom stereocenters. The number of aromatic hydroxyl groups is 1. The molecular formula is C21H22N4O2. The van der Waals surface area contributed by atoms with Crippen molar-refractivity contribution in [2.75, 3.05) is 11.4 Å². The van der Waals surface area contributed by atoms with Crippen molar-refractivity contribution in [1.29, 1.82) is 0 Å². The first-order valence-electron chi connectivity index (χ1n) is 9.17. The Morgan fingerprint density at radius 1 is 1.19 bits per heavy atom. The van der Waals surface area contributed by atoms with Crippen molar-refractivity contribution in [3.8, 4) is 17.1 Å². The lowest BCUT2D eigenvalue weighted by molar-refractivity contribution is -0.119. The van der Waals surface area contributed by atoms with E-state index in [4.69, 9.17) is 10.7 Å². The van der Waals surface area contributed by atoms with E-state index >= 15 is 0 Å². The quantitative estimate of drug-likeness (QED) is 0.747. The van der Waals surface area contributed by atoms with Gasteiger partial charge in [0.05, 0.1) is 11.1 Å². The summed E-state index contributed by atoms with van der Waals surface area (Å²) in [7, 11) is 0. The zero-order valence-corrected chi connectivity index (χ0v) is 15.2. The molecule has 0 radical (unpaired) electrons. The van der Waals surface area contributed by atoms with Crippen LogP contribution in [0.3, 0.4) is 0 Å². The number of fused-ring (bicyclic) bond motifs is 1. The van der Waals surface area contributed by atoms with Crippen molar-refractivity contribution in [3.05, 3.63) is 48.0 Å². The minimum Gasteiger partial charge on any atom is -0.507 e. The number of primary amides is 1. The van der Waals surface area contributed by atoms with Gasteiger partial charge >= 0.3 is 0 Å². The summed E-state index contributed by atoms with van der Waals surface area (Å²) in [5.41, 5.74) is 8.11. The number of piperidine rings is 1. The number of carbonyl (C=O) groups excluding carboxylic acids is 1. The molecule has 0 bridgehead atoms. The predicted octanol–water partition coefficient (Wildman–Crippen LogP) is 3.16. The van der Waals surface area contributed by atoms with Gasteiger partial charge in [-0.2, -0.15) is 0 Å². The summed E-state index contributed by atoms with van der Waals surface area (Å²) in [4.78, 5) is 23.5. The van der Waals surface area contributed by atoms with E-state index in [1.807, 2.05) is 36.1 Å². The number of amides is 1. The second-order valence-corrected chi connectivity index (χ2v) is 7.02. The molecule has 2 aromatic carbocycles. The van der Waals surface area contributed by atoms with Gasteiger partial charge in [0.2, 0.25) is 5.91 Å². The van der Waals surface area contributed by atoms with Crippen LogP contribution in [0.25, 0.3) is 22.3 Å². The van der Waals surface area contributed by atoms with Crippen LogP contribution in [0.2, 0.25) is 0 Å². The first kappa shape index (κ1) is 17.3. The molecule has 0 saturated carbocycles. The summed E-state index contributed by atoms with van der Waals surface area (Å²) in [5.74, 6) is 0.926. The molecule has 6 nitrogen and oxygen atoms in total. The number of hydrogen-bond acceptors (Lipinski definition) is 5. The maximum Gasteiger partial charge on any atom is 0.240 e. The van der Waals surface area contributed by atoms with Crippen LogP contribution in [0.1, 0.15) is 24.8 Å². The van der Waals surface area contributed by atoms with Crippen LogP contribution in [0.5, 0.6) is 5.75 Å². The minimum atomic E-state index is -0.379. The smallest absolute Gasteiger partial charge is 0.240 e. The molecule has 1 atom stereocenters. The van der Waals surface area contributed by atoms with E-state index in [9.17, 15) is 9.90 Å². The molecule has 1 aliphatic heterocycles. The van der Waals surface area contributed by atoms with Crippen LogP contribution in [0.4, 0.5) is 5.82 Å². The molecule has 1 aliphatic rings. The van der Waals surface area contributed by atoms with E-state index in [-0.39, 0.29) is 17.7 Å². The number of anilines is 1. The van der Waals surface area contributed by atoms with Crippen LogP contribution in [0.15, 0.2) is 42.5 Å². The van der Waals surface area contributed by atoms with Crippen LogP contribution in [0, 0.1) is 6.92 Å². The fraction of sp³-hybridized carbons (Fsp3) is 0.286. The molecule has 2 heterocycles. The molecule has 27 heavy (non-hydrogen) atoms. The number of para-hydroxylation sites is 1. The van der Waals surface area contributed by atoms with Gasteiger partial charge in [0.25, 0.3) is 0 Å². The van der Waals surface area contributed by atoms with E-state index in [0.717, 1.165) is 35.7 Å². The van der Waals surface area contributed by atoms with Crippen LogP contribution in [-0.2, 0) is 4.79 Å². The first-order valence-corrected chi connectivity index (χ1v) is 9.17. The van der Waals surface area contributed by atoms with E-state index in [0.29, 0.717) is 23.8 Å².